The van der Waals surface area contributed by atoms with Gasteiger partial charge in [0.1, 0.15) is 6.04 Å². The Morgan fingerprint density at radius 1 is 1.43 bits per heavy atom. The fourth-order valence-corrected chi connectivity index (χ4v) is 2.85. The van der Waals surface area contributed by atoms with Crippen LogP contribution in [0.25, 0.3) is 0 Å². The fourth-order valence-electron chi connectivity index (χ4n) is 2.85. The molecule has 1 heterocycles. The van der Waals surface area contributed by atoms with Gasteiger partial charge in [-0.05, 0) is 18.8 Å². The van der Waals surface area contributed by atoms with Crippen LogP contribution in [-0.4, -0.2) is 76.7 Å². The molecule has 21 heavy (non-hydrogen) atoms. The van der Waals surface area contributed by atoms with Crippen molar-refractivity contribution >= 4 is 17.9 Å². The molecule has 1 saturated heterocycles. The van der Waals surface area contributed by atoms with Gasteiger partial charge in [-0.2, -0.15) is 0 Å². The maximum absolute atomic E-state index is 12.4. The van der Waals surface area contributed by atoms with Crippen LogP contribution in [0.1, 0.15) is 19.3 Å². The summed E-state index contributed by atoms with van der Waals surface area (Å²) in [6, 6.07) is -1.30. The number of carboxylic acid groups (broad SMARTS) is 1. The predicted octanol–water partition coefficient (Wildman–Crippen LogP) is -0.916. The minimum Gasteiger partial charge on any atom is -0.481 e. The summed E-state index contributed by atoms with van der Waals surface area (Å²) in [6.45, 7) is 1.14. The van der Waals surface area contributed by atoms with Crippen LogP contribution in [0.3, 0.4) is 0 Å². The normalized spacial score (nSPS) is 28.6. The van der Waals surface area contributed by atoms with E-state index in [-0.39, 0.29) is 18.1 Å². The van der Waals surface area contributed by atoms with Crippen LogP contribution in [0.15, 0.2) is 0 Å². The molecule has 2 aliphatic rings. The number of piperazine rings is 1. The van der Waals surface area contributed by atoms with Crippen molar-refractivity contribution in [2.24, 2.45) is 5.92 Å². The lowest BCUT2D eigenvalue weighted by Crippen LogP contribution is -2.60. The summed E-state index contributed by atoms with van der Waals surface area (Å²) < 4.78 is 0. The molecule has 118 valence electrons. The zero-order valence-electron chi connectivity index (χ0n) is 12.0. The second-order valence-corrected chi connectivity index (χ2v) is 5.75. The van der Waals surface area contributed by atoms with E-state index >= 15 is 0 Å². The number of urea groups is 1. The zero-order chi connectivity index (χ0) is 15.6. The SMILES string of the molecule is CN(CC1CC(O)C1)C(=O)N1CCNC(=O)C1CC(=O)O. The fraction of sp³-hybridized carbons (Fsp3) is 0.769. The standard InChI is InChI=1S/C13H21N3O5/c1-15(7-8-4-9(17)5-8)13(21)16-3-2-14-12(20)10(16)6-11(18)19/h8-10,17H,2-7H2,1H3,(H,14,20)(H,18,19). The van der Waals surface area contributed by atoms with Gasteiger partial charge in [-0.15, -0.1) is 0 Å². The number of hydrogen-bond acceptors (Lipinski definition) is 4. The second-order valence-electron chi connectivity index (χ2n) is 5.75. The molecule has 2 fully saturated rings. The smallest absolute Gasteiger partial charge is 0.320 e. The number of carbonyl (C=O) groups excluding carboxylic acids is 2. The van der Waals surface area contributed by atoms with E-state index in [1.165, 1.54) is 9.80 Å². The molecule has 0 bridgehead atoms. The van der Waals surface area contributed by atoms with E-state index in [0.717, 1.165) is 0 Å². The maximum atomic E-state index is 12.4. The van der Waals surface area contributed by atoms with E-state index in [1.54, 1.807) is 7.05 Å². The predicted molar refractivity (Wildman–Crippen MR) is 72.5 cm³/mol. The molecule has 0 aromatic carbocycles. The highest BCUT2D eigenvalue weighted by Gasteiger charge is 2.37. The summed E-state index contributed by atoms with van der Waals surface area (Å²) in [7, 11) is 1.64. The van der Waals surface area contributed by atoms with Gasteiger partial charge >= 0.3 is 12.0 Å². The summed E-state index contributed by atoms with van der Waals surface area (Å²) in [4.78, 5) is 37.9. The Morgan fingerprint density at radius 2 is 2.10 bits per heavy atom. The molecule has 0 radical (unpaired) electrons. The third-order valence-electron chi connectivity index (χ3n) is 4.01. The summed E-state index contributed by atoms with van der Waals surface area (Å²) in [5.74, 6) is -1.27. The number of hydrogen-bond donors (Lipinski definition) is 3. The minimum atomic E-state index is -1.11. The van der Waals surface area contributed by atoms with Crippen LogP contribution in [0.2, 0.25) is 0 Å². The molecule has 3 amide bonds. The number of aliphatic hydroxyl groups is 1. The van der Waals surface area contributed by atoms with Crippen molar-refractivity contribution in [3.8, 4) is 0 Å². The molecule has 1 aliphatic carbocycles. The highest BCUT2D eigenvalue weighted by atomic mass is 16.4. The van der Waals surface area contributed by atoms with Gasteiger partial charge in [-0.3, -0.25) is 9.59 Å². The van der Waals surface area contributed by atoms with Crippen molar-refractivity contribution in [3.63, 3.8) is 0 Å². The van der Waals surface area contributed by atoms with Gasteiger partial charge in [-0.25, -0.2) is 4.79 Å². The quantitative estimate of drug-likeness (QED) is 0.622. The maximum Gasteiger partial charge on any atom is 0.320 e. The third-order valence-corrected chi connectivity index (χ3v) is 4.01. The average molecular weight is 299 g/mol. The average Bonchev–Trinajstić information content (AvgIpc) is 2.38. The van der Waals surface area contributed by atoms with E-state index in [1.807, 2.05) is 0 Å². The molecular weight excluding hydrogens is 278 g/mol. The molecule has 8 nitrogen and oxygen atoms in total. The van der Waals surface area contributed by atoms with Crippen LogP contribution >= 0.6 is 0 Å². The Labute approximate surface area is 122 Å². The molecule has 0 spiro atoms. The zero-order valence-corrected chi connectivity index (χ0v) is 12.0. The molecule has 1 saturated carbocycles. The van der Waals surface area contributed by atoms with Crippen molar-refractivity contribution in [2.75, 3.05) is 26.7 Å². The number of aliphatic carboxylic acids is 1. The third kappa shape index (κ3) is 3.63. The number of aliphatic hydroxyl groups excluding tert-OH is 1. The number of nitrogens with zero attached hydrogens (tertiary/aromatic N) is 2. The van der Waals surface area contributed by atoms with Crippen LogP contribution in [0.5, 0.6) is 0 Å². The van der Waals surface area contributed by atoms with Crippen LogP contribution in [-0.2, 0) is 9.59 Å². The van der Waals surface area contributed by atoms with Gasteiger partial charge in [-0.1, -0.05) is 0 Å². The molecular formula is C13H21N3O5. The van der Waals surface area contributed by atoms with E-state index in [2.05, 4.69) is 5.32 Å². The molecule has 3 N–H and O–H groups in total. The summed E-state index contributed by atoms with van der Waals surface area (Å²) in [5, 5.41) is 20.7. The van der Waals surface area contributed by atoms with E-state index in [0.29, 0.717) is 32.5 Å². The van der Waals surface area contributed by atoms with Crippen molar-refractivity contribution in [1.82, 2.24) is 15.1 Å². The van der Waals surface area contributed by atoms with Crippen molar-refractivity contribution in [2.45, 2.75) is 31.4 Å². The Kier molecular flexibility index (Phi) is 4.66. The molecule has 1 unspecified atom stereocenters. The highest BCUT2D eigenvalue weighted by molar-refractivity contribution is 5.91. The van der Waals surface area contributed by atoms with Gasteiger partial charge in [0, 0.05) is 26.7 Å². The van der Waals surface area contributed by atoms with Crippen molar-refractivity contribution in [1.29, 1.82) is 0 Å². The van der Waals surface area contributed by atoms with E-state index < -0.39 is 24.3 Å². The number of carboxylic acids is 1. The lowest BCUT2D eigenvalue weighted by Gasteiger charge is -2.39. The lowest BCUT2D eigenvalue weighted by atomic mass is 9.82. The van der Waals surface area contributed by atoms with Gasteiger partial charge in [0.2, 0.25) is 5.91 Å². The van der Waals surface area contributed by atoms with Crippen LogP contribution < -0.4 is 5.32 Å². The van der Waals surface area contributed by atoms with Gasteiger partial charge in [0.25, 0.3) is 0 Å². The molecule has 0 aromatic heterocycles. The molecule has 1 aliphatic heterocycles. The van der Waals surface area contributed by atoms with Gasteiger partial charge in [0.15, 0.2) is 0 Å². The number of nitrogens with one attached hydrogen (secondary N) is 1. The molecule has 2 rings (SSSR count). The number of amides is 3. The highest BCUT2D eigenvalue weighted by Crippen LogP contribution is 2.28. The number of rotatable bonds is 4. The van der Waals surface area contributed by atoms with E-state index in [4.69, 9.17) is 5.11 Å². The Morgan fingerprint density at radius 3 is 2.67 bits per heavy atom. The summed E-state index contributed by atoms with van der Waals surface area (Å²) in [5.41, 5.74) is 0. The first-order valence-corrected chi connectivity index (χ1v) is 7.07. The first-order chi connectivity index (χ1) is 9.88. The summed E-state index contributed by atoms with van der Waals surface area (Å²) in [6.07, 6.45) is 0.681. The second kappa shape index (κ2) is 6.30. The van der Waals surface area contributed by atoms with Crippen LogP contribution in [0.4, 0.5) is 4.79 Å². The Balaban J connectivity index is 1.97. The first kappa shape index (κ1) is 15.6. The molecule has 0 aromatic rings. The molecule has 8 heteroatoms. The van der Waals surface area contributed by atoms with E-state index in [9.17, 15) is 19.5 Å². The lowest BCUT2D eigenvalue weighted by molar-refractivity contribution is -0.142. The van der Waals surface area contributed by atoms with Crippen molar-refractivity contribution < 1.29 is 24.6 Å². The Hall–Kier alpha value is -1.83. The minimum absolute atomic E-state index is 0.269. The summed E-state index contributed by atoms with van der Waals surface area (Å²) >= 11 is 0. The first-order valence-electron chi connectivity index (χ1n) is 7.07. The topological polar surface area (TPSA) is 110 Å². The monoisotopic (exact) mass is 299 g/mol. The Bertz CT molecular complexity index is 436. The van der Waals surface area contributed by atoms with Crippen molar-refractivity contribution in [3.05, 3.63) is 0 Å². The largest absolute Gasteiger partial charge is 0.481 e. The number of carbonyl (C=O) groups is 3. The molecule has 1 atom stereocenters. The van der Waals surface area contributed by atoms with Gasteiger partial charge < -0.3 is 25.3 Å². The van der Waals surface area contributed by atoms with Crippen LogP contribution in [0, 0.1) is 5.92 Å². The van der Waals surface area contributed by atoms with Gasteiger partial charge in [0.05, 0.1) is 12.5 Å².